The van der Waals surface area contributed by atoms with Gasteiger partial charge in [-0.1, -0.05) is 91.8 Å². The molecule has 0 atom stereocenters. The van der Waals surface area contributed by atoms with E-state index in [0.717, 1.165) is 23.1 Å². The van der Waals surface area contributed by atoms with E-state index >= 15 is 0 Å². The molecule has 5 heteroatoms. The van der Waals surface area contributed by atoms with Gasteiger partial charge in [-0.2, -0.15) is 9.13 Å². The van der Waals surface area contributed by atoms with E-state index in [0.29, 0.717) is 23.7 Å². The van der Waals surface area contributed by atoms with Crippen molar-refractivity contribution in [2.75, 3.05) is 0 Å². The summed E-state index contributed by atoms with van der Waals surface area (Å²) in [4.78, 5) is 0. The second-order valence-corrected chi connectivity index (χ2v) is 16.9. The molecule has 0 spiro atoms. The van der Waals surface area contributed by atoms with E-state index < -0.39 is 0 Å². The number of aromatic nitrogens is 4. The summed E-state index contributed by atoms with van der Waals surface area (Å²) < 4.78 is 16.4. The quantitative estimate of drug-likeness (QED) is 0.129. The summed E-state index contributed by atoms with van der Waals surface area (Å²) in [7, 11) is 4.26. The lowest BCUT2D eigenvalue weighted by Crippen LogP contribution is -2.37. The highest BCUT2D eigenvalue weighted by Gasteiger charge is 2.32. The van der Waals surface area contributed by atoms with Gasteiger partial charge >= 0.3 is 11.8 Å². The van der Waals surface area contributed by atoms with Gasteiger partial charge < -0.3 is 13.9 Å². The number of para-hydroxylation sites is 2. The van der Waals surface area contributed by atoms with Crippen LogP contribution in [0.4, 0.5) is 0 Å². The molecule has 55 heavy (non-hydrogen) atoms. The van der Waals surface area contributed by atoms with E-state index in [4.69, 9.17) is 4.74 Å². The molecule has 4 aromatic heterocycles. The van der Waals surface area contributed by atoms with Crippen molar-refractivity contribution in [1.82, 2.24) is 9.13 Å². The van der Waals surface area contributed by atoms with Crippen LogP contribution in [0.3, 0.4) is 0 Å². The number of ether oxygens (including phenoxy) is 1. The molecule has 0 aliphatic carbocycles. The highest BCUT2D eigenvalue weighted by molar-refractivity contribution is 5.70. The lowest BCUT2D eigenvalue weighted by molar-refractivity contribution is -0.685. The number of rotatable bonds is 10. The molecule has 0 bridgehead atoms. The van der Waals surface area contributed by atoms with Crippen molar-refractivity contribution in [2.24, 2.45) is 14.1 Å². The summed E-state index contributed by atoms with van der Waals surface area (Å²) in [5.74, 6) is 3.09. The maximum absolute atomic E-state index is 6.96. The van der Waals surface area contributed by atoms with Crippen molar-refractivity contribution < 1.29 is 13.9 Å². The maximum Gasteiger partial charge on any atom is 0.377 e. The Labute approximate surface area is 331 Å². The Balaban J connectivity index is 1.53. The van der Waals surface area contributed by atoms with E-state index in [9.17, 15) is 0 Å². The topological polar surface area (TPSA) is 26.8 Å². The first-order valence-corrected chi connectivity index (χ1v) is 20.3. The van der Waals surface area contributed by atoms with Crippen molar-refractivity contribution in [2.45, 2.75) is 121 Å². The smallest absolute Gasteiger partial charge is 0.348 e. The molecule has 0 radical (unpaired) electrons. The molecule has 2 aromatic carbocycles. The van der Waals surface area contributed by atoms with Crippen LogP contribution in [0.2, 0.25) is 0 Å². The number of pyridine rings is 2. The number of hydrogen-bond acceptors (Lipinski definition) is 1. The van der Waals surface area contributed by atoms with E-state index in [2.05, 4.69) is 202 Å². The fourth-order valence-corrected chi connectivity index (χ4v) is 8.53. The van der Waals surface area contributed by atoms with Crippen molar-refractivity contribution in [3.8, 4) is 45.9 Å². The number of benzene rings is 2. The van der Waals surface area contributed by atoms with E-state index in [1.807, 2.05) is 0 Å². The Bertz CT molecular complexity index is 2180. The molecular weight excluding hydrogens is 673 g/mol. The minimum absolute atomic E-state index is 0.382. The van der Waals surface area contributed by atoms with Crippen LogP contribution in [-0.4, -0.2) is 9.13 Å². The third kappa shape index (κ3) is 6.74. The van der Waals surface area contributed by atoms with Crippen molar-refractivity contribution in [3.63, 3.8) is 0 Å². The Kier molecular flexibility index (Phi) is 11.1. The zero-order valence-corrected chi connectivity index (χ0v) is 36.4. The summed E-state index contributed by atoms with van der Waals surface area (Å²) in [5.41, 5.74) is 20.5. The molecule has 0 unspecified atom stereocenters. The average Bonchev–Trinajstić information content (AvgIpc) is 3.50. The summed E-state index contributed by atoms with van der Waals surface area (Å²) in [6, 6.07) is 26.5. The first-order chi connectivity index (χ1) is 26.0. The maximum atomic E-state index is 6.96. The molecule has 0 N–H and O–H groups in total. The first kappa shape index (κ1) is 39.8. The van der Waals surface area contributed by atoms with Crippen LogP contribution < -0.4 is 13.9 Å². The van der Waals surface area contributed by atoms with Crippen molar-refractivity contribution in [3.05, 3.63) is 129 Å². The molecule has 4 heterocycles. The molecule has 6 aromatic rings. The molecule has 0 aliphatic rings. The fraction of sp³-hybridized carbons (Fsp3) is 0.400. The predicted octanol–water partition coefficient (Wildman–Crippen LogP) is 12.4. The SMILES string of the molecule is Cc1c(C)c(-c2cccc(Oc3cccc(-c4c(C)c(C)c(C)n4-c4c(C(C)C)cccc4C(C)C)[n+]3C)[n+]2C)n(-c2c(C(C)C)cccc2C(C)C)c1C. The van der Waals surface area contributed by atoms with Crippen molar-refractivity contribution in [1.29, 1.82) is 0 Å². The van der Waals surface area contributed by atoms with Gasteiger partial charge in [0.1, 0.15) is 25.5 Å². The van der Waals surface area contributed by atoms with Crippen LogP contribution in [0.15, 0.2) is 72.8 Å². The molecule has 0 saturated heterocycles. The number of nitrogens with zero attached hydrogens (tertiary/aromatic N) is 4. The lowest BCUT2D eigenvalue weighted by atomic mass is 9.92. The second kappa shape index (κ2) is 15.3. The number of hydrogen-bond donors (Lipinski definition) is 0. The molecule has 0 amide bonds. The van der Waals surface area contributed by atoms with Gasteiger partial charge in [-0.15, -0.1) is 0 Å². The summed E-state index contributed by atoms with van der Waals surface area (Å²) in [6.45, 7) is 32.0. The highest BCUT2D eigenvalue weighted by Crippen LogP contribution is 2.41. The van der Waals surface area contributed by atoms with Gasteiger partial charge in [-0.25, -0.2) is 0 Å². The van der Waals surface area contributed by atoms with Crippen LogP contribution >= 0.6 is 0 Å². The lowest BCUT2D eigenvalue weighted by Gasteiger charge is -2.23. The average molecular weight is 737 g/mol. The van der Waals surface area contributed by atoms with Crippen LogP contribution in [0.5, 0.6) is 11.8 Å². The molecule has 0 aliphatic heterocycles. The molecule has 6 rings (SSSR count). The fourth-order valence-electron chi connectivity index (χ4n) is 8.53. The molecule has 0 fully saturated rings. The predicted molar refractivity (Wildman–Crippen MR) is 230 cm³/mol. The monoisotopic (exact) mass is 737 g/mol. The highest BCUT2D eigenvalue weighted by atomic mass is 16.5. The van der Waals surface area contributed by atoms with Crippen LogP contribution in [0.1, 0.15) is 135 Å². The van der Waals surface area contributed by atoms with Crippen molar-refractivity contribution >= 4 is 0 Å². The summed E-state index contributed by atoms with van der Waals surface area (Å²) >= 11 is 0. The minimum atomic E-state index is 0.382. The van der Waals surface area contributed by atoms with Gasteiger partial charge in [0, 0.05) is 23.5 Å². The zero-order valence-electron chi connectivity index (χ0n) is 36.4. The Morgan fingerprint density at radius 3 is 1.00 bits per heavy atom. The third-order valence-electron chi connectivity index (χ3n) is 12.2. The third-order valence-corrected chi connectivity index (χ3v) is 12.2. The Hall–Kier alpha value is -4.90. The van der Waals surface area contributed by atoms with E-state index in [1.54, 1.807) is 0 Å². The van der Waals surface area contributed by atoms with Crippen LogP contribution in [0, 0.1) is 41.5 Å². The van der Waals surface area contributed by atoms with E-state index in [1.165, 1.54) is 78.7 Å². The van der Waals surface area contributed by atoms with E-state index in [-0.39, 0.29) is 0 Å². The molecule has 288 valence electrons. The van der Waals surface area contributed by atoms with Gasteiger partial charge in [-0.05, 0) is 122 Å². The van der Waals surface area contributed by atoms with Crippen LogP contribution in [0.25, 0.3) is 34.2 Å². The molecular formula is C50H64N4O+2. The first-order valence-electron chi connectivity index (χ1n) is 20.3. The van der Waals surface area contributed by atoms with Gasteiger partial charge in [0.2, 0.25) is 11.4 Å². The van der Waals surface area contributed by atoms with Gasteiger partial charge in [0.15, 0.2) is 0 Å². The second-order valence-electron chi connectivity index (χ2n) is 16.9. The molecule has 0 saturated carbocycles. The summed E-state index contributed by atoms with van der Waals surface area (Å²) in [6.07, 6.45) is 0. The van der Waals surface area contributed by atoms with Gasteiger partial charge in [-0.3, -0.25) is 0 Å². The summed E-state index contributed by atoms with van der Waals surface area (Å²) in [5, 5.41) is 0. The van der Waals surface area contributed by atoms with Crippen LogP contribution in [-0.2, 0) is 14.1 Å². The Morgan fingerprint density at radius 1 is 0.418 bits per heavy atom. The van der Waals surface area contributed by atoms with Gasteiger partial charge in [0.05, 0.1) is 23.5 Å². The standard InChI is InChI=1S/C50H64N4O/c1-29(2)39-21-17-22-40(30(3)4)49(39)53-37(13)33(9)35(11)47(53)43-25-19-27-45(51(43)15)55-46-28-20-26-44(52(46)16)48-36(12)34(10)38(14)54(48)50-41(31(5)6)23-18-24-42(50)32(7)8/h17-32H,1-16H3/q+2. The minimum Gasteiger partial charge on any atom is -0.348 e. The normalized spacial score (nSPS) is 11.9. The zero-order chi connectivity index (χ0) is 40.2. The van der Waals surface area contributed by atoms with Gasteiger partial charge in [0.25, 0.3) is 0 Å². The molecule has 5 nitrogen and oxygen atoms in total. The Morgan fingerprint density at radius 2 is 0.709 bits per heavy atom. The largest absolute Gasteiger partial charge is 0.377 e.